The maximum absolute atomic E-state index is 11.5. The number of methoxy groups -OCH3 is 1. The van der Waals surface area contributed by atoms with E-state index < -0.39 is 4.92 Å². The van der Waals surface area contributed by atoms with Gasteiger partial charge in [-0.05, 0) is 13.3 Å². The standard InChI is InChI=1S/C11H18N4O4/c1-9-10(15(17)18)8-13-14(9)6-4-11(16)12-5-3-7-19-2/h8H,3-7H2,1-2H3,(H,12,16). The number of ether oxygens (including phenoxy) is 1. The van der Waals surface area contributed by atoms with E-state index in [0.29, 0.717) is 25.4 Å². The number of nitrogens with one attached hydrogen (secondary N) is 1. The quantitative estimate of drug-likeness (QED) is 0.424. The van der Waals surface area contributed by atoms with E-state index in [2.05, 4.69) is 10.4 Å². The van der Waals surface area contributed by atoms with Gasteiger partial charge in [-0.3, -0.25) is 19.6 Å². The maximum Gasteiger partial charge on any atom is 0.309 e. The molecule has 0 aliphatic heterocycles. The zero-order chi connectivity index (χ0) is 14.3. The topological polar surface area (TPSA) is 99.3 Å². The van der Waals surface area contributed by atoms with Crippen LogP contribution in [0.1, 0.15) is 18.5 Å². The first-order chi connectivity index (χ1) is 9.06. The zero-order valence-electron chi connectivity index (χ0n) is 11.1. The smallest absolute Gasteiger partial charge is 0.309 e. The van der Waals surface area contributed by atoms with Crippen molar-refractivity contribution in [2.45, 2.75) is 26.3 Å². The first-order valence-corrected chi connectivity index (χ1v) is 5.98. The molecule has 0 aliphatic rings. The van der Waals surface area contributed by atoms with E-state index in [1.807, 2.05) is 0 Å². The predicted molar refractivity (Wildman–Crippen MR) is 67.7 cm³/mol. The van der Waals surface area contributed by atoms with Gasteiger partial charge >= 0.3 is 5.69 Å². The van der Waals surface area contributed by atoms with Gasteiger partial charge in [0.1, 0.15) is 11.9 Å². The summed E-state index contributed by atoms with van der Waals surface area (Å²) in [5.41, 5.74) is 0.428. The molecule has 1 heterocycles. The number of hydrogen-bond donors (Lipinski definition) is 1. The van der Waals surface area contributed by atoms with Crippen LogP contribution in [0.5, 0.6) is 0 Å². The van der Waals surface area contributed by atoms with Gasteiger partial charge < -0.3 is 10.1 Å². The lowest BCUT2D eigenvalue weighted by Gasteiger charge is -2.05. The van der Waals surface area contributed by atoms with Gasteiger partial charge in [-0.1, -0.05) is 0 Å². The lowest BCUT2D eigenvalue weighted by Crippen LogP contribution is -2.26. The molecule has 0 saturated heterocycles. The van der Waals surface area contributed by atoms with E-state index in [1.165, 1.54) is 10.9 Å². The van der Waals surface area contributed by atoms with Gasteiger partial charge in [-0.15, -0.1) is 0 Å². The molecule has 1 amide bonds. The van der Waals surface area contributed by atoms with Gasteiger partial charge in [-0.25, -0.2) is 0 Å². The number of amides is 1. The number of aryl methyl sites for hydroxylation is 1. The monoisotopic (exact) mass is 270 g/mol. The molecule has 8 nitrogen and oxygen atoms in total. The molecule has 1 rings (SSSR count). The van der Waals surface area contributed by atoms with E-state index in [1.54, 1.807) is 14.0 Å². The Morgan fingerprint density at radius 2 is 2.37 bits per heavy atom. The summed E-state index contributed by atoms with van der Waals surface area (Å²) in [5, 5.41) is 17.3. The number of aromatic nitrogens is 2. The van der Waals surface area contributed by atoms with Gasteiger partial charge in [0.25, 0.3) is 0 Å². The van der Waals surface area contributed by atoms with Crippen LogP contribution in [-0.4, -0.2) is 40.9 Å². The van der Waals surface area contributed by atoms with Crippen molar-refractivity contribution in [1.82, 2.24) is 15.1 Å². The molecule has 106 valence electrons. The number of nitrogens with zero attached hydrogens (tertiary/aromatic N) is 3. The lowest BCUT2D eigenvalue weighted by molar-refractivity contribution is -0.385. The Kier molecular flexibility index (Phi) is 5.94. The molecule has 0 atom stereocenters. The van der Waals surface area contributed by atoms with Crippen LogP contribution in [-0.2, 0) is 16.1 Å². The molecule has 0 bridgehead atoms. The summed E-state index contributed by atoms with van der Waals surface area (Å²) in [6.45, 7) is 3.10. The number of carbonyl (C=O) groups is 1. The Labute approximate surface area is 110 Å². The summed E-state index contributed by atoms with van der Waals surface area (Å²) in [4.78, 5) is 21.7. The van der Waals surface area contributed by atoms with E-state index in [4.69, 9.17) is 4.74 Å². The molecule has 0 aromatic carbocycles. The van der Waals surface area contributed by atoms with Crippen LogP contribution < -0.4 is 5.32 Å². The van der Waals surface area contributed by atoms with Gasteiger partial charge in [0.05, 0.1) is 11.5 Å². The second-order valence-corrected chi connectivity index (χ2v) is 4.04. The molecule has 0 fully saturated rings. The molecule has 0 saturated carbocycles. The second kappa shape index (κ2) is 7.47. The largest absolute Gasteiger partial charge is 0.385 e. The highest BCUT2D eigenvalue weighted by molar-refractivity contribution is 5.75. The molecule has 0 aliphatic carbocycles. The highest BCUT2D eigenvalue weighted by Gasteiger charge is 2.16. The van der Waals surface area contributed by atoms with E-state index in [9.17, 15) is 14.9 Å². The normalized spacial score (nSPS) is 10.4. The van der Waals surface area contributed by atoms with Crippen LogP contribution in [0.2, 0.25) is 0 Å². The van der Waals surface area contributed by atoms with Crippen molar-refractivity contribution in [2.75, 3.05) is 20.3 Å². The van der Waals surface area contributed by atoms with Crippen molar-refractivity contribution in [2.24, 2.45) is 0 Å². The molecule has 1 aromatic rings. The fraction of sp³-hybridized carbons (Fsp3) is 0.636. The summed E-state index contributed by atoms with van der Waals surface area (Å²) in [6, 6.07) is 0. The lowest BCUT2D eigenvalue weighted by atomic mass is 10.3. The average molecular weight is 270 g/mol. The molecule has 1 aromatic heterocycles. The Bertz CT molecular complexity index is 444. The zero-order valence-corrected chi connectivity index (χ0v) is 11.1. The average Bonchev–Trinajstić information content (AvgIpc) is 2.74. The molecule has 0 unspecified atom stereocenters. The second-order valence-electron chi connectivity index (χ2n) is 4.04. The Morgan fingerprint density at radius 1 is 1.63 bits per heavy atom. The molecule has 0 radical (unpaired) electrons. The molecular formula is C11H18N4O4. The predicted octanol–water partition coefficient (Wildman–Crippen LogP) is 0.643. The van der Waals surface area contributed by atoms with Crippen LogP contribution in [0.25, 0.3) is 0 Å². The van der Waals surface area contributed by atoms with Crippen molar-refractivity contribution in [3.05, 3.63) is 22.0 Å². The number of hydrogen-bond acceptors (Lipinski definition) is 5. The third-order valence-corrected chi connectivity index (χ3v) is 2.67. The van der Waals surface area contributed by atoms with Crippen LogP contribution in [0.4, 0.5) is 5.69 Å². The van der Waals surface area contributed by atoms with Gasteiger partial charge in [0.2, 0.25) is 5.91 Å². The first kappa shape index (κ1) is 15.1. The maximum atomic E-state index is 11.5. The van der Waals surface area contributed by atoms with Crippen LogP contribution in [0.3, 0.4) is 0 Å². The Morgan fingerprint density at radius 3 is 2.95 bits per heavy atom. The van der Waals surface area contributed by atoms with E-state index >= 15 is 0 Å². The third-order valence-electron chi connectivity index (χ3n) is 2.67. The van der Waals surface area contributed by atoms with Gasteiger partial charge in [0, 0.05) is 26.7 Å². The SMILES string of the molecule is COCCCNC(=O)CCn1ncc([N+](=O)[O-])c1C. The molecular weight excluding hydrogens is 252 g/mol. The van der Waals surface area contributed by atoms with Crippen molar-refractivity contribution < 1.29 is 14.5 Å². The minimum absolute atomic E-state index is 0.0273. The van der Waals surface area contributed by atoms with Crippen molar-refractivity contribution in [1.29, 1.82) is 0 Å². The van der Waals surface area contributed by atoms with E-state index in [-0.39, 0.29) is 18.0 Å². The fourth-order valence-electron chi connectivity index (χ4n) is 1.58. The summed E-state index contributed by atoms with van der Waals surface area (Å²) < 4.78 is 6.33. The van der Waals surface area contributed by atoms with Crippen LogP contribution in [0.15, 0.2) is 6.20 Å². The van der Waals surface area contributed by atoms with Crippen LogP contribution in [0, 0.1) is 17.0 Å². The minimum Gasteiger partial charge on any atom is -0.385 e. The Hall–Kier alpha value is -1.96. The van der Waals surface area contributed by atoms with Crippen molar-refractivity contribution in [3.63, 3.8) is 0 Å². The summed E-state index contributed by atoms with van der Waals surface area (Å²) in [6.07, 6.45) is 2.20. The third kappa shape index (κ3) is 4.66. The fourth-order valence-corrected chi connectivity index (χ4v) is 1.58. The highest BCUT2D eigenvalue weighted by atomic mass is 16.6. The first-order valence-electron chi connectivity index (χ1n) is 5.98. The summed E-state index contributed by atoms with van der Waals surface area (Å²) in [5.74, 6) is -0.103. The van der Waals surface area contributed by atoms with Crippen molar-refractivity contribution in [3.8, 4) is 0 Å². The Balaban J connectivity index is 2.36. The highest BCUT2D eigenvalue weighted by Crippen LogP contribution is 2.16. The number of rotatable bonds is 8. The van der Waals surface area contributed by atoms with E-state index in [0.717, 1.165) is 6.42 Å². The minimum atomic E-state index is -0.482. The molecule has 0 spiro atoms. The number of carbonyl (C=O) groups excluding carboxylic acids is 1. The molecule has 8 heteroatoms. The summed E-state index contributed by atoms with van der Waals surface area (Å²) in [7, 11) is 1.61. The van der Waals surface area contributed by atoms with Gasteiger partial charge in [-0.2, -0.15) is 5.10 Å². The number of nitro groups is 1. The molecule has 19 heavy (non-hydrogen) atoms. The van der Waals surface area contributed by atoms with Gasteiger partial charge in [0.15, 0.2) is 0 Å². The van der Waals surface area contributed by atoms with Crippen molar-refractivity contribution >= 4 is 11.6 Å². The molecule has 1 N–H and O–H groups in total. The summed E-state index contributed by atoms with van der Waals surface area (Å²) >= 11 is 0. The van der Waals surface area contributed by atoms with Crippen LogP contribution >= 0.6 is 0 Å².